The lowest BCUT2D eigenvalue weighted by Crippen LogP contribution is -2.57. The van der Waals surface area contributed by atoms with Crippen LogP contribution in [-0.4, -0.2) is 87.5 Å². The number of nitrogens with two attached hydrogens (primary N) is 1. The van der Waals surface area contributed by atoms with E-state index < -0.39 is 60.0 Å². The van der Waals surface area contributed by atoms with E-state index >= 15 is 0 Å². The first-order valence-corrected chi connectivity index (χ1v) is 17.9. The van der Waals surface area contributed by atoms with Gasteiger partial charge in [-0.3, -0.25) is 19.2 Å². The Kier molecular flexibility index (Phi) is 13.3. The van der Waals surface area contributed by atoms with Crippen LogP contribution in [0.15, 0.2) is 42.5 Å². The molecule has 0 aliphatic carbocycles. The average Bonchev–Trinajstić information content (AvgIpc) is 3.17. The van der Waals surface area contributed by atoms with Crippen LogP contribution in [0.4, 0.5) is 0 Å². The van der Waals surface area contributed by atoms with E-state index in [1.807, 2.05) is 0 Å². The fourth-order valence-corrected chi connectivity index (χ4v) is 6.95. The summed E-state index contributed by atoms with van der Waals surface area (Å²) in [5.74, 6) is -2.43. The number of halogens is 1. The molecule has 3 aromatic rings. The largest absolute Gasteiger partial charge is 0.504 e. The van der Waals surface area contributed by atoms with Crippen molar-refractivity contribution in [3.8, 4) is 34.5 Å². The molecule has 3 heterocycles. The molecule has 0 radical (unpaired) electrons. The van der Waals surface area contributed by atoms with Gasteiger partial charge < -0.3 is 60.9 Å². The number of fused-ring (bicyclic) bond motifs is 5. The van der Waals surface area contributed by atoms with Crippen LogP contribution in [0, 0.1) is 0 Å². The Morgan fingerprint density at radius 2 is 1.69 bits per heavy atom. The van der Waals surface area contributed by atoms with Gasteiger partial charge in [-0.15, -0.1) is 0 Å². The lowest BCUT2D eigenvalue weighted by atomic mass is 9.90. The molecule has 0 spiro atoms. The average molecular weight is 784 g/mol. The number of phenolic OH excluding ortho intramolecular Hbond substituents is 1. The molecule has 0 fully saturated rings. The minimum atomic E-state index is -1.71. The molecule has 0 saturated carbocycles. The lowest BCUT2D eigenvalue weighted by molar-refractivity contribution is -0.135. The molecule has 4 amide bonds. The normalized spacial score (nSPS) is 23.2. The maximum atomic E-state index is 14.5. The SMILES string of the molecule is CNC(=O)C[C@@H]1NC(=O)[C@H]2NC(=O)[C@@H](CCCC(OC)Cc3c(OC)cc(OC)cc31)NC(=O)[C@H](N)c1cc(O)c(OC)c(c1)Oc1ccc(cc1Cl)[C@H]2O. The van der Waals surface area contributed by atoms with Gasteiger partial charge in [0.25, 0.3) is 0 Å². The number of carbonyl (C=O) groups is 4. The van der Waals surface area contributed by atoms with E-state index in [0.717, 1.165) is 0 Å². The maximum Gasteiger partial charge on any atom is 0.246 e. The highest BCUT2D eigenvalue weighted by Gasteiger charge is 2.37. The van der Waals surface area contributed by atoms with Gasteiger partial charge in [0.05, 0.1) is 44.9 Å². The van der Waals surface area contributed by atoms with Gasteiger partial charge >= 0.3 is 0 Å². The second-order valence-corrected chi connectivity index (χ2v) is 13.6. The van der Waals surface area contributed by atoms with Gasteiger partial charge in [0.1, 0.15) is 41.5 Å². The van der Waals surface area contributed by atoms with E-state index in [0.29, 0.717) is 35.5 Å². The fourth-order valence-electron chi connectivity index (χ4n) is 6.73. The first-order valence-electron chi connectivity index (χ1n) is 17.5. The molecule has 17 heteroatoms. The van der Waals surface area contributed by atoms with Gasteiger partial charge in [0.2, 0.25) is 29.4 Å². The van der Waals surface area contributed by atoms with Gasteiger partial charge in [0, 0.05) is 32.2 Å². The number of hydrogen-bond acceptors (Lipinski definition) is 12. The predicted octanol–water partition coefficient (Wildman–Crippen LogP) is 2.62. The Bertz CT molecular complexity index is 1930. The number of amides is 4. The fraction of sp³-hybridized carbons (Fsp3) is 0.421. The molecule has 1 unspecified atom stereocenters. The van der Waals surface area contributed by atoms with Crippen LogP contribution in [0.2, 0.25) is 5.02 Å². The van der Waals surface area contributed by atoms with E-state index in [2.05, 4.69) is 21.3 Å². The molecule has 6 bridgehead atoms. The Hall–Kier alpha value is -5.29. The highest BCUT2D eigenvalue weighted by molar-refractivity contribution is 6.32. The second kappa shape index (κ2) is 17.9. The number of methoxy groups -OCH3 is 4. The summed E-state index contributed by atoms with van der Waals surface area (Å²) < 4.78 is 28.5. The number of carbonyl (C=O) groups excluding carboxylic acids is 4. The third-order valence-electron chi connectivity index (χ3n) is 9.77. The molecule has 3 aliphatic rings. The molecule has 6 rings (SSSR count). The molecule has 3 aromatic carbocycles. The number of ether oxygens (including phenoxy) is 5. The van der Waals surface area contributed by atoms with E-state index in [1.165, 1.54) is 58.7 Å². The predicted molar refractivity (Wildman–Crippen MR) is 199 cm³/mol. The third kappa shape index (κ3) is 9.16. The van der Waals surface area contributed by atoms with Crippen molar-refractivity contribution in [1.82, 2.24) is 21.3 Å². The van der Waals surface area contributed by atoms with Gasteiger partial charge in [-0.25, -0.2) is 0 Å². The highest BCUT2D eigenvalue weighted by Crippen LogP contribution is 2.43. The van der Waals surface area contributed by atoms with Crippen molar-refractivity contribution in [2.24, 2.45) is 5.73 Å². The monoisotopic (exact) mass is 783 g/mol. The first kappa shape index (κ1) is 40.9. The summed E-state index contributed by atoms with van der Waals surface area (Å²) in [7, 11) is 7.27. The quantitative estimate of drug-likeness (QED) is 0.192. The van der Waals surface area contributed by atoms with Crippen LogP contribution in [0.5, 0.6) is 34.5 Å². The van der Waals surface area contributed by atoms with Crippen molar-refractivity contribution in [2.45, 2.75) is 68.5 Å². The molecule has 0 aromatic heterocycles. The van der Waals surface area contributed by atoms with Gasteiger partial charge in [-0.2, -0.15) is 0 Å². The molecule has 6 atom stereocenters. The van der Waals surface area contributed by atoms with Crippen LogP contribution >= 0.6 is 11.6 Å². The highest BCUT2D eigenvalue weighted by atomic mass is 35.5. The molecular formula is C38H46ClN5O11. The van der Waals surface area contributed by atoms with Crippen LogP contribution in [0.3, 0.4) is 0 Å². The molecule has 8 N–H and O–H groups in total. The Morgan fingerprint density at radius 3 is 2.35 bits per heavy atom. The number of phenols is 1. The summed E-state index contributed by atoms with van der Waals surface area (Å²) in [4.78, 5) is 55.3. The Morgan fingerprint density at radius 1 is 0.927 bits per heavy atom. The van der Waals surface area contributed by atoms with E-state index in [4.69, 9.17) is 41.0 Å². The number of aliphatic hydroxyl groups is 1. The molecule has 0 saturated heterocycles. The van der Waals surface area contributed by atoms with Crippen LogP contribution in [-0.2, 0) is 30.3 Å². The smallest absolute Gasteiger partial charge is 0.246 e. The summed E-state index contributed by atoms with van der Waals surface area (Å²) in [6.45, 7) is 0. The number of aliphatic hydroxyl groups excluding tert-OH is 1. The van der Waals surface area contributed by atoms with Gasteiger partial charge in [0.15, 0.2) is 11.5 Å². The zero-order valence-corrected chi connectivity index (χ0v) is 31.8. The number of benzene rings is 3. The van der Waals surface area contributed by atoms with Gasteiger partial charge in [-0.1, -0.05) is 17.7 Å². The topological polar surface area (TPSA) is 229 Å². The van der Waals surface area contributed by atoms with Crippen LogP contribution in [0.1, 0.15) is 66.1 Å². The van der Waals surface area contributed by atoms with E-state index in [9.17, 15) is 29.4 Å². The van der Waals surface area contributed by atoms with Crippen molar-refractivity contribution in [2.75, 3.05) is 35.5 Å². The molecule has 3 aliphatic heterocycles. The molecule has 296 valence electrons. The first-order chi connectivity index (χ1) is 26.3. The van der Waals surface area contributed by atoms with Crippen molar-refractivity contribution in [1.29, 1.82) is 0 Å². The van der Waals surface area contributed by atoms with Crippen LogP contribution in [0.25, 0.3) is 0 Å². The minimum Gasteiger partial charge on any atom is -0.504 e. The molecular weight excluding hydrogens is 738 g/mol. The van der Waals surface area contributed by atoms with Gasteiger partial charge in [-0.05, 0) is 66.3 Å². The summed E-state index contributed by atoms with van der Waals surface area (Å²) in [6, 6.07) is 4.88. The summed E-state index contributed by atoms with van der Waals surface area (Å²) in [6.07, 6.45) is -1.29. The zero-order chi connectivity index (χ0) is 40.0. The molecule has 16 nitrogen and oxygen atoms in total. The maximum absolute atomic E-state index is 14.5. The molecule has 55 heavy (non-hydrogen) atoms. The van der Waals surface area contributed by atoms with E-state index in [-0.39, 0.29) is 58.4 Å². The standard InChI is InChI=1S/C38H46ClN5O11/c1-41-31(46)17-26-22-15-21(52-3)16-29(53-4)23(22)14-20(51-2)7-6-8-25-36(48)44-33(38(50)43-26)34(47)18-9-10-28(24(39)11-18)55-30-13-19(32(40)37(49)42-25)12-27(45)35(30)54-5/h9-13,15-16,20,25-26,32-34,45,47H,6-8,14,17,40H2,1-5H3,(H,41,46)(H,42,49)(H,43,50)(H,44,48)/t20?,25-,26+,32-,33+,34-/m1/s1. The number of nitrogens with one attached hydrogen (secondary N) is 4. The summed E-state index contributed by atoms with van der Waals surface area (Å²) >= 11 is 6.64. The lowest BCUT2D eigenvalue weighted by Gasteiger charge is -2.31. The summed E-state index contributed by atoms with van der Waals surface area (Å²) in [5, 5.41) is 33.4. The second-order valence-electron chi connectivity index (χ2n) is 13.2. The van der Waals surface area contributed by atoms with Crippen molar-refractivity contribution in [3.63, 3.8) is 0 Å². The van der Waals surface area contributed by atoms with Crippen LogP contribution < -0.4 is 45.9 Å². The number of rotatable bonds is 6. The van der Waals surface area contributed by atoms with Crippen molar-refractivity contribution in [3.05, 3.63) is 69.7 Å². The van der Waals surface area contributed by atoms with Crippen molar-refractivity contribution < 1.29 is 53.1 Å². The number of hydrogen-bond donors (Lipinski definition) is 7. The van der Waals surface area contributed by atoms with E-state index in [1.54, 1.807) is 19.2 Å². The minimum absolute atomic E-state index is 0.0126. The Labute approximate surface area is 322 Å². The number of aromatic hydroxyl groups is 1. The Balaban J connectivity index is 1.69. The van der Waals surface area contributed by atoms with Crippen molar-refractivity contribution >= 4 is 35.2 Å². The third-order valence-corrected chi connectivity index (χ3v) is 10.1. The zero-order valence-electron chi connectivity index (χ0n) is 31.1. The summed E-state index contributed by atoms with van der Waals surface area (Å²) in [5.41, 5.74) is 7.77.